The van der Waals surface area contributed by atoms with Crippen LogP contribution in [0.1, 0.15) is 96.2 Å². The fourth-order valence-corrected chi connectivity index (χ4v) is 8.34. The van der Waals surface area contributed by atoms with Crippen LogP contribution < -0.4 is 0 Å². The maximum absolute atomic E-state index is 14.2. The zero-order valence-corrected chi connectivity index (χ0v) is 35.0. The van der Waals surface area contributed by atoms with E-state index >= 15 is 0 Å². The Bertz CT molecular complexity index is 3110. The molecule has 2 heterocycles. The van der Waals surface area contributed by atoms with Gasteiger partial charge in [-0.05, 0) is 60.5 Å². The van der Waals surface area contributed by atoms with Gasteiger partial charge in [-0.2, -0.15) is 0 Å². The molecule has 2 aliphatic rings. The first kappa shape index (κ1) is 43.8. The second kappa shape index (κ2) is 17.8. The molecule has 0 fully saturated rings. The molecule has 0 spiro atoms. The molecule has 0 saturated heterocycles. The standard InChI is InChI=1S/C48H36N6O12/c1-28(56)30-13-15-32(16-14-30)44(58)50(20-22-52-46(60)38-8-3-6-34-24-36(54(65)66)26-40(42(34)38)48(52)62)18-4-17-49(43(57)31-11-9-29(27-55)10-12-31)19-21-51-45(59)37-7-2-5-33-23-35(53(63)64)25-39(41(33)37)47(51)61/h2-3,5-16,23-27H,4,17-22H2,1H3. The minimum atomic E-state index is -0.794. The Morgan fingerprint density at radius 3 is 1.33 bits per heavy atom. The number of nitrogens with zero attached hydrogens (tertiary/aromatic N) is 6. The van der Waals surface area contributed by atoms with E-state index in [9.17, 15) is 58.6 Å². The van der Waals surface area contributed by atoms with Crippen molar-refractivity contribution in [3.63, 3.8) is 0 Å². The topological polar surface area (TPSA) is 236 Å². The van der Waals surface area contributed by atoms with Crippen LogP contribution in [0.25, 0.3) is 21.5 Å². The van der Waals surface area contributed by atoms with Crippen LogP contribution in [-0.2, 0) is 0 Å². The fourth-order valence-electron chi connectivity index (χ4n) is 8.34. The number of aldehydes is 1. The lowest BCUT2D eigenvalue weighted by molar-refractivity contribution is -0.384. The van der Waals surface area contributed by atoms with Crippen molar-refractivity contribution in [2.45, 2.75) is 13.3 Å². The zero-order chi connectivity index (χ0) is 47.0. The van der Waals surface area contributed by atoms with Crippen LogP contribution in [0.15, 0.2) is 109 Å². The molecule has 0 N–H and O–H groups in total. The number of amides is 6. The van der Waals surface area contributed by atoms with Gasteiger partial charge in [0.1, 0.15) is 6.29 Å². The summed E-state index contributed by atoms with van der Waals surface area (Å²) in [5.41, 5.74) is 0.495. The van der Waals surface area contributed by atoms with E-state index in [4.69, 9.17) is 0 Å². The maximum Gasteiger partial charge on any atom is 0.270 e. The van der Waals surface area contributed by atoms with Gasteiger partial charge in [-0.25, -0.2) is 0 Å². The molecule has 0 unspecified atom stereocenters. The van der Waals surface area contributed by atoms with Gasteiger partial charge in [0.15, 0.2) is 5.78 Å². The molecule has 0 radical (unpaired) electrons. The highest BCUT2D eigenvalue weighted by Gasteiger charge is 2.37. The van der Waals surface area contributed by atoms with E-state index in [1.807, 2.05) is 0 Å². The van der Waals surface area contributed by atoms with Gasteiger partial charge in [0.2, 0.25) is 0 Å². The average Bonchev–Trinajstić information content (AvgIpc) is 3.32. The first-order valence-corrected chi connectivity index (χ1v) is 20.6. The summed E-state index contributed by atoms with van der Waals surface area (Å²) in [6, 6.07) is 25.6. The van der Waals surface area contributed by atoms with E-state index in [1.165, 1.54) is 89.5 Å². The van der Waals surface area contributed by atoms with Crippen molar-refractivity contribution in [1.29, 1.82) is 0 Å². The van der Waals surface area contributed by atoms with Crippen LogP contribution in [0.5, 0.6) is 0 Å². The number of benzene rings is 6. The Hall–Kier alpha value is -8.80. The average molecular weight is 889 g/mol. The van der Waals surface area contributed by atoms with Crippen LogP contribution in [-0.4, -0.2) is 116 Å². The molecule has 18 heteroatoms. The smallest absolute Gasteiger partial charge is 0.270 e. The van der Waals surface area contributed by atoms with Crippen LogP contribution in [0.3, 0.4) is 0 Å². The summed E-state index contributed by atoms with van der Waals surface area (Å²) in [4.78, 5) is 134. The van der Waals surface area contributed by atoms with E-state index < -0.39 is 45.3 Å². The van der Waals surface area contributed by atoms with E-state index in [0.717, 1.165) is 21.9 Å². The lowest BCUT2D eigenvalue weighted by atomic mass is 9.93. The van der Waals surface area contributed by atoms with Crippen LogP contribution in [0.4, 0.5) is 11.4 Å². The van der Waals surface area contributed by atoms with Crippen LogP contribution in [0.2, 0.25) is 0 Å². The number of rotatable bonds is 16. The number of imide groups is 2. The number of carbonyl (C=O) groups excluding carboxylic acids is 8. The van der Waals surface area contributed by atoms with Gasteiger partial charge in [0.05, 0.1) is 21.0 Å². The zero-order valence-electron chi connectivity index (χ0n) is 35.0. The SMILES string of the molecule is CC(=O)c1ccc(C(=O)N(CCCN(CCN2C(=O)c3cccc4cc([N+](=O)[O-])cc(c34)C2=O)C(=O)c2ccc(C=O)cc2)CCN2C(=O)c3cccc4cc([N+](=O)[O-])cc(c34)C2=O)cc1. The van der Waals surface area contributed by atoms with Crippen molar-refractivity contribution in [3.8, 4) is 0 Å². The van der Waals surface area contributed by atoms with Gasteiger partial charge in [0.25, 0.3) is 46.8 Å². The van der Waals surface area contributed by atoms with Gasteiger partial charge in [-0.1, -0.05) is 48.5 Å². The summed E-state index contributed by atoms with van der Waals surface area (Å²) in [5.74, 6) is -4.25. The monoisotopic (exact) mass is 888 g/mol. The van der Waals surface area contributed by atoms with Gasteiger partial charge in [-0.15, -0.1) is 0 Å². The van der Waals surface area contributed by atoms with Gasteiger partial charge in [-0.3, -0.25) is 68.4 Å². The predicted octanol–water partition coefficient (Wildman–Crippen LogP) is 6.39. The Balaban J connectivity index is 1.06. The number of nitro groups is 2. The van der Waals surface area contributed by atoms with E-state index in [1.54, 1.807) is 24.3 Å². The van der Waals surface area contributed by atoms with Gasteiger partial charge < -0.3 is 9.80 Å². The number of ketones is 1. The second-order valence-electron chi connectivity index (χ2n) is 15.6. The Labute approximate surface area is 373 Å². The summed E-state index contributed by atoms with van der Waals surface area (Å²) in [6.07, 6.45) is 0.678. The second-order valence-corrected chi connectivity index (χ2v) is 15.6. The number of carbonyl (C=O) groups is 8. The van der Waals surface area contributed by atoms with Crippen molar-refractivity contribution >= 4 is 80.4 Å². The summed E-state index contributed by atoms with van der Waals surface area (Å²) >= 11 is 0. The third-order valence-electron chi connectivity index (χ3n) is 11.7. The van der Waals surface area contributed by atoms with Crippen molar-refractivity contribution < 1.29 is 48.2 Å². The number of hydrogen-bond acceptors (Lipinski definition) is 12. The molecule has 6 amide bonds. The lowest BCUT2D eigenvalue weighted by Crippen LogP contribution is -2.47. The van der Waals surface area contributed by atoms with Crippen LogP contribution in [0, 0.1) is 20.2 Å². The Morgan fingerprint density at radius 2 is 0.939 bits per heavy atom. The van der Waals surface area contributed by atoms with Crippen molar-refractivity contribution in [2.24, 2.45) is 0 Å². The molecular formula is C48H36N6O12. The third kappa shape index (κ3) is 8.13. The van der Waals surface area contributed by atoms with Crippen molar-refractivity contribution in [3.05, 3.63) is 174 Å². The lowest BCUT2D eigenvalue weighted by Gasteiger charge is -2.32. The van der Waals surface area contributed by atoms with Crippen LogP contribution >= 0.6 is 0 Å². The Kier molecular flexibility index (Phi) is 11.8. The molecule has 0 aliphatic carbocycles. The third-order valence-corrected chi connectivity index (χ3v) is 11.7. The summed E-state index contributed by atoms with van der Waals surface area (Å²) < 4.78 is 0. The van der Waals surface area contributed by atoms with E-state index in [-0.39, 0.29) is 107 Å². The first-order valence-electron chi connectivity index (χ1n) is 20.6. The number of nitro benzene ring substituents is 2. The van der Waals surface area contributed by atoms with E-state index in [0.29, 0.717) is 28.2 Å². The molecule has 6 aromatic rings. The summed E-state index contributed by atoms with van der Waals surface area (Å²) in [7, 11) is 0. The highest BCUT2D eigenvalue weighted by Crippen LogP contribution is 2.35. The number of hydrogen-bond donors (Lipinski definition) is 0. The van der Waals surface area contributed by atoms with Crippen molar-refractivity contribution in [2.75, 3.05) is 39.3 Å². The molecule has 6 aromatic carbocycles. The highest BCUT2D eigenvalue weighted by molar-refractivity contribution is 6.27. The van der Waals surface area contributed by atoms with Gasteiger partial charge >= 0.3 is 0 Å². The molecule has 0 atom stereocenters. The number of Topliss-reactive ketones (excluding diaryl/α,β-unsaturated/α-hetero) is 1. The summed E-state index contributed by atoms with van der Waals surface area (Å²) in [6.45, 7) is 0.122. The number of non-ortho nitro benzene ring substituents is 2. The quantitative estimate of drug-likeness (QED) is 0.0338. The molecule has 18 nitrogen and oxygen atoms in total. The molecule has 0 saturated carbocycles. The first-order chi connectivity index (χ1) is 31.7. The normalized spacial score (nSPS) is 13.0. The molecule has 0 bridgehead atoms. The van der Waals surface area contributed by atoms with E-state index in [2.05, 4.69) is 0 Å². The highest BCUT2D eigenvalue weighted by atomic mass is 16.6. The predicted molar refractivity (Wildman–Crippen MR) is 237 cm³/mol. The van der Waals surface area contributed by atoms with Gasteiger partial charge in [0, 0.05) is 108 Å². The fraction of sp³-hybridized carbons (Fsp3) is 0.167. The Morgan fingerprint density at radius 1 is 0.545 bits per heavy atom. The molecule has 2 aliphatic heterocycles. The minimum absolute atomic E-state index is 0.0495. The van der Waals surface area contributed by atoms with Crippen molar-refractivity contribution in [1.82, 2.24) is 19.6 Å². The minimum Gasteiger partial charge on any atom is -0.337 e. The molecule has 8 rings (SSSR count). The molecule has 0 aromatic heterocycles. The molecular weight excluding hydrogens is 853 g/mol. The largest absolute Gasteiger partial charge is 0.337 e. The maximum atomic E-state index is 14.2. The molecule has 66 heavy (non-hydrogen) atoms. The molecule has 330 valence electrons. The summed E-state index contributed by atoms with van der Waals surface area (Å²) in [5, 5.41) is 24.8.